The Morgan fingerprint density at radius 3 is 2.54 bits per heavy atom. The van der Waals surface area contributed by atoms with Gasteiger partial charge >= 0.3 is 5.69 Å². The van der Waals surface area contributed by atoms with Crippen LogP contribution in [0.5, 0.6) is 0 Å². The van der Waals surface area contributed by atoms with Gasteiger partial charge < -0.3 is 4.57 Å². The molecule has 0 spiro atoms. The molecule has 0 saturated heterocycles. The largest absolute Gasteiger partial charge is 0.332 e. The maximum absolute atomic E-state index is 12.5. The van der Waals surface area contributed by atoms with E-state index < -0.39 is 5.69 Å². The third-order valence-corrected chi connectivity index (χ3v) is 4.30. The van der Waals surface area contributed by atoms with Crippen LogP contribution in [-0.2, 0) is 20.6 Å². The number of hydrogen-bond donors (Lipinski definition) is 1. The predicted octanol–water partition coefficient (Wildman–Crippen LogP) is 1.94. The lowest BCUT2D eigenvalue weighted by Gasteiger charge is -2.07. The summed E-state index contributed by atoms with van der Waals surface area (Å²) in [4.78, 5) is 29.1. The molecule has 0 fully saturated rings. The Bertz CT molecular complexity index is 1090. The summed E-state index contributed by atoms with van der Waals surface area (Å²) in [5.41, 5.74) is 3.65. The molecule has 0 aliphatic heterocycles. The number of benzene rings is 1. The molecule has 0 unspecified atom stereocenters. The fourth-order valence-electron chi connectivity index (χ4n) is 2.69. The molecule has 0 amide bonds. The highest BCUT2D eigenvalue weighted by molar-refractivity contribution is 6.30. The van der Waals surface area contributed by atoms with E-state index in [1.807, 2.05) is 19.1 Å². The van der Waals surface area contributed by atoms with Crippen LogP contribution in [0.15, 0.2) is 39.0 Å². The Balaban J connectivity index is 2.05. The number of fused-ring (bicyclic) bond motifs is 1. The molecule has 0 saturated carbocycles. The average molecular weight is 375 g/mol. The predicted molar refractivity (Wildman–Crippen MR) is 103 cm³/mol. The van der Waals surface area contributed by atoms with E-state index in [4.69, 9.17) is 11.6 Å². The highest BCUT2D eigenvalue weighted by Crippen LogP contribution is 2.16. The second-order valence-corrected chi connectivity index (χ2v) is 6.32. The zero-order valence-electron chi connectivity index (χ0n) is 14.7. The summed E-state index contributed by atoms with van der Waals surface area (Å²) in [6.07, 6.45) is 2.43. The van der Waals surface area contributed by atoms with Gasteiger partial charge in [-0.2, -0.15) is 10.1 Å². The van der Waals surface area contributed by atoms with Crippen molar-refractivity contribution in [2.75, 3.05) is 5.43 Å². The van der Waals surface area contributed by atoms with Crippen molar-refractivity contribution in [3.05, 3.63) is 55.7 Å². The Labute approximate surface area is 154 Å². The molecule has 3 rings (SSSR count). The van der Waals surface area contributed by atoms with Crippen LogP contribution >= 0.6 is 11.6 Å². The zero-order chi connectivity index (χ0) is 18.8. The summed E-state index contributed by atoms with van der Waals surface area (Å²) in [5.74, 6) is 0.408. The molecule has 26 heavy (non-hydrogen) atoms. The molecule has 1 N–H and O–H groups in total. The van der Waals surface area contributed by atoms with E-state index in [1.165, 1.54) is 11.6 Å². The number of rotatable bonds is 5. The molecule has 2 heterocycles. The molecular weight excluding hydrogens is 356 g/mol. The molecule has 0 radical (unpaired) electrons. The van der Waals surface area contributed by atoms with Gasteiger partial charge in [-0.15, -0.1) is 0 Å². The zero-order valence-corrected chi connectivity index (χ0v) is 15.5. The van der Waals surface area contributed by atoms with Gasteiger partial charge in [0, 0.05) is 25.7 Å². The quantitative estimate of drug-likeness (QED) is 0.546. The molecule has 0 bridgehead atoms. The van der Waals surface area contributed by atoms with Crippen LogP contribution < -0.4 is 16.7 Å². The lowest BCUT2D eigenvalue weighted by atomic mass is 10.2. The number of aromatic nitrogens is 4. The fourth-order valence-corrected chi connectivity index (χ4v) is 2.81. The lowest BCUT2D eigenvalue weighted by molar-refractivity contribution is 0.679. The van der Waals surface area contributed by atoms with Gasteiger partial charge in [-0.05, 0) is 24.1 Å². The molecule has 136 valence electrons. The highest BCUT2D eigenvalue weighted by atomic mass is 35.5. The topological polar surface area (TPSA) is 86.2 Å². The SMILES string of the molecule is CCCn1c(NN=Cc2ccc(Cl)cc2)nc2c1c(=O)n(C)c(=O)n2C. The van der Waals surface area contributed by atoms with Crippen LogP contribution in [0.1, 0.15) is 18.9 Å². The van der Waals surface area contributed by atoms with Gasteiger partial charge in [-0.25, -0.2) is 10.2 Å². The van der Waals surface area contributed by atoms with E-state index in [9.17, 15) is 9.59 Å². The van der Waals surface area contributed by atoms with E-state index >= 15 is 0 Å². The Hall–Kier alpha value is -2.87. The van der Waals surface area contributed by atoms with E-state index in [0.29, 0.717) is 28.7 Å². The highest BCUT2D eigenvalue weighted by Gasteiger charge is 2.18. The van der Waals surface area contributed by atoms with E-state index in [-0.39, 0.29) is 5.56 Å². The smallest absolute Gasteiger partial charge is 0.303 e. The van der Waals surface area contributed by atoms with E-state index in [2.05, 4.69) is 15.5 Å². The summed E-state index contributed by atoms with van der Waals surface area (Å²) in [7, 11) is 3.05. The summed E-state index contributed by atoms with van der Waals surface area (Å²) in [6.45, 7) is 2.57. The van der Waals surface area contributed by atoms with Gasteiger partial charge in [0.25, 0.3) is 5.56 Å². The van der Waals surface area contributed by atoms with Crippen molar-refractivity contribution in [2.45, 2.75) is 19.9 Å². The van der Waals surface area contributed by atoms with Crippen LogP contribution in [0.25, 0.3) is 11.2 Å². The third-order valence-electron chi connectivity index (χ3n) is 4.04. The summed E-state index contributed by atoms with van der Waals surface area (Å²) in [6, 6.07) is 7.22. The van der Waals surface area contributed by atoms with Crippen molar-refractivity contribution in [1.82, 2.24) is 18.7 Å². The maximum Gasteiger partial charge on any atom is 0.332 e. The summed E-state index contributed by atoms with van der Waals surface area (Å²) >= 11 is 5.86. The van der Waals surface area contributed by atoms with E-state index in [1.54, 1.807) is 30.0 Å². The van der Waals surface area contributed by atoms with Crippen molar-refractivity contribution in [3.8, 4) is 0 Å². The van der Waals surface area contributed by atoms with Crippen LogP contribution in [0.2, 0.25) is 5.02 Å². The first-order chi connectivity index (χ1) is 12.4. The van der Waals surface area contributed by atoms with Crippen molar-refractivity contribution in [3.63, 3.8) is 0 Å². The minimum Gasteiger partial charge on any atom is -0.303 e. The number of aryl methyl sites for hydroxylation is 2. The molecule has 2 aromatic heterocycles. The van der Waals surface area contributed by atoms with Gasteiger partial charge in [0.15, 0.2) is 11.2 Å². The van der Waals surface area contributed by atoms with Crippen LogP contribution in [0, 0.1) is 0 Å². The third kappa shape index (κ3) is 3.15. The van der Waals surface area contributed by atoms with Crippen molar-refractivity contribution in [2.24, 2.45) is 19.2 Å². The number of anilines is 1. The Morgan fingerprint density at radius 1 is 1.19 bits per heavy atom. The van der Waals surface area contributed by atoms with E-state index in [0.717, 1.165) is 16.6 Å². The van der Waals surface area contributed by atoms with Gasteiger partial charge in [0.1, 0.15) is 0 Å². The second-order valence-electron chi connectivity index (χ2n) is 5.89. The first-order valence-electron chi connectivity index (χ1n) is 8.15. The molecule has 0 aliphatic rings. The lowest BCUT2D eigenvalue weighted by Crippen LogP contribution is -2.37. The number of hydrazone groups is 1. The monoisotopic (exact) mass is 374 g/mol. The van der Waals surface area contributed by atoms with Crippen molar-refractivity contribution >= 4 is 34.9 Å². The molecule has 9 heteroatoms. The number of halogens is 1. The standard InChI is InChI=1S/C17H19ClN6O2/c1-4-9-24-13-14(22(2)17(26)23(3)15(13)25)20-16(24)21-19-10-11-5-7-12(18)8-6-11/h5-8,10H,4,9H2,1-3H3,(H,20,21). The average Bonchev–Trinajstić information content (AvgIpc) is 2.99. The van der Waals surface area contributed by atoms with Crippen LogP contribution in [0.3, 0.4) is 0 Å². The van der Waals surface area contributed by atoms with Gasteiger partial charge in [0.2, 0.25) is 5.95 Å². The molecule has 0 atom stereocenters. The van der Waals surface area contributed by atoms with Crippen molar-refractivity contribution < 1.29 is 0 Å². The van der Waals surface area contributed by atoms with Gasteiger partial charge in [0.05, 0.1) is 6.21 Å². The second kappa shape index (κ2) is 7.17. The van der Waals surface area contributed by atoms with Crippen molar-refractivity contribution in [1.29, 1.82) is 0 Å². The minimum absolute atomic E-state index is 0.329. The fraction of sp³-hybridized carbons (Fsp3) is 0.294. The molecule has 8 nitrogen and oxygen atoms in total. The molecule has 3 aromatic rings. The molecular formula is C17H19ClN6O2. The summed E-state index contributed by atoms with van der Waals surface area (Å²) < 4.78 is 4.18. The normalized spacial score (nSPS) is 11.5. The Kier molecular flexibility index (Phi) is 4.94. The maximum atomic E-state index is 12.5. The first kappa shape index (κ1) is 17.9. The number of nitrogens with one attached hydrogen (secondary N) is 1. The number of nitrogens with zero attached hydrogens (tertiary/aromatic N) is 5. The first-order valence-corrected chi connectivity index (χ1v) is 8.52. The Morgan fingerprint density at radius 2 is 1.88 bits per heavy atom. The molecule has 0 aliphatic carbocycles. The molecule has 1 aromatic carbocycles. The minimum atomic E-state index is -0.417. The van der Waals surface area contributed by atoms with Crippen LogP contribution in [0.4, 0.5) is 5.95 Å². The van der Waals surface area contributed by atoms with Crippen LogP contribution in [-0.4, -0.2) is 24.9 Å². The number of imidazole rings is 1. The van der Waals surface area contributed by atoms with Gasteiger partial charge in [-0.3, -0.25) is 13.9 Å². The summed E-state index contributed by atoms with van der Waals surface area (Å²) in [5, 5.41) is 4.84. The number of hydrogen-bond acceptors (Lipinski definition) is 5. The van der Waals surface area contributed by atoms with Gasteiger partial charge in [-0.1, -0.05) is 30.7 Å².